The lowest BCUT2D eigenvalue weighted by molar-refractivity contribution is -0.385. The maximum absolute atomic E-state index is 11.9. The van der Waals surface area contributed by atoms with Gasteiger partial charge < -0.3 is 5.32 Å². The first-order chi connectivity index (χ1) is 8.45. The van der Waals surface area contributed by atoms with Crippen LogP contribution in [-0.2, 0) is 0 Å². The monoisotopic (exact) mass is 268 g/mol. The molecule has 0 bridgehead atoms. The minimum Gasteiger partial charge on any atom is -0.349 e. The van der Waals surface area contributed by atoms with Crippen LogP contribution in [0.5, 0.6) is 0 Å². The fourth-order valence-electron chi connectivity index (χ4n) is 1.46. The lowest BCUT2D eigenvalue weighted by Crippen LogP contribution is -2.32. The second-order valence-corrected chi connectivity index (χ2v) is 4.25. The molecule has 0 fully saturated rings. The fraction of sp³-hybridized carbons (Fsp3) is 0.250. The molecular formula is C12H13ClN2O3. The number of benzene rings is 1. The zero-order chi connectivity index (χ0) is 13.7. The number of nitro groups is 1. The fourth-order valence-corrected chi connectivity index (χ4v) is 1.63. The van der Waals surface area contributed by atoms with Gasteiger partial charge in [0.15, 0.2) is 0 Å². The SMILES string of the molecule is C=CCC(C)NC(=O)c1cc(Cl)ccc1[N+](=O)[O-]. The molecule has 0 aliphatic rings. The van der Waals surface area contributed by atoms with Crippen molar-refractivity contribution in [1.82, 2.24) is 5.32 Å². The third-order valence-corrected chi connectivity index (χ3v) is 2.53. The van der Waals surface area contributed by atoms with Gasteiger partial charge in [0.1, 0.15) is 5.56 Å². The number of hydrogen-bond donors (Lipinski definition) is 1. The Hall–Kier alpha value is -1.88. The van der Waals surface area contributed by atoms with Crippen molar-refractivity contribution in [2.24, 2.45) is 0 Å². The van der Waals surface area contributed by atoms with Gasteiger partial charge in [-0.25, -0.2) is 0 Å². The van der Waals surface area contributed by atoms with Gasteiger partial charge in [-0.3, -0.25) is 14.9 Å². The Kier molecular flexibility index (Phi) is 4.85. The number of amides is 1. The van der Waals surface area contributed by atoms with Crippen molar-refractivity contribution in [2.45, 2.75) is 19.4 Å². The minimum absolute atomic E-state index is 0.0385. The Labute approximate surface area is 110 Å². The van der Waals surface area contributed by atoms with Crippen LogP contribution in [0.3, 0.4) is 0 Å². The van der Waals surface area contributed by atoms with Gasteiger partial charge in [-0.2, -0.15) is 0 Å². The van der Waals surface area contributed by atoms with Gasteiger partial charge in [0, 0.05) is 17.1 Å². The van der Waals surface area contributed by atoms with Crippen LogP contribution in [0.4, 0.5) is 5.69 Å². The standard InChI is InChI=1S/C12H13ClN2O3/c1-3-4-8(2)14-12(16)10-7-9(13)5-6-11(10)15(17)18/h3,5-8H,1,4H2,2H3,(H,14,16). The predicted octanol–water partition coefficient (Wildman–Crippen LogP) is 2.94. The average Bonchev–Trinajstić information content (AvgIpc) is 2.28. The van der Waals surface area contributed by atoms with Crippen LogP contribution in [0.25, 0.3) is 0 Å². The van der Waals surface area contributed by atoms with Crippen molar-refractivity contribution in [2.75, 3.05) is 0 Å². The summed E-state index contributed by atoms with van der Waals surface area (Å²) in [6.07, 6.45) is 2.25. The molecule has 18 heavy (non-hydrogen) atoms. The largest absolute Gasteiger partial charge is 0.349 e. The van der Waals surface area contributed by atoms with E-state index in [2.05, 4.69) is 11.9 Å². The number of nitrogens with one attached hydrogen (secondary N) is 1. The first kappa shape index (κ1) is 14.2. The highest BCUT2D eigenvalue weighted by Gasteiger charge is 2.21. The summed E-state index contributed by atoms with van der Waals surface area (Å²) >= 11 is 5.74. The van der Waals surface area contributed by atoms with E-state index in [4.69, 9.17) is 11.6 Å². The van der Waals surface area contributed by atoms with E-state index in [1.807, 2.05) is 0 Å². The van der Waals surface area contributed by atoms with Crippen molar-refractivity contribution in [3.05, 3.63) is 51.6 Å². The van der Waals surface area contributed by atoms with E-state index in [1.54, 1.807) is 13.0 Å². The van der Waals surface area contributed by atoms with Gasteiger partial charge in [-0.05, 0) is 25.5 Å². The third-order valence-electron chi connectivity index (χ3n) is 2.30. The van der Waals surface area contributed by atoms with Crippen molar-refractivity contribution >= 4 is 23.2 Å². The van der Waals surface area contributed by atoms with Gasteiger partial charge in [-0.1, -0.05) is 17.7 Å². The number of carbonyl (C=O) groups excluding carboxylic acids is 1. The summed E-state index contributed by atoms with van der Waals surface area (Å²) in [5.74, 6) is -0.515. The maximum atomic E-state index is 11.9. The van der Waals surface area contributed by atoms with E-state index < -0.39 is 10.8 Å². The zero-order valence-corrected chi connectivity index (χ0v) is 10.6. The highest BCUT2D eigenvalue weighted by atomic mass is 35.5. The Balaban J connectivity index is 3.00. The summed E-state index contributed by atoms with van der Waals surface area (Å²) in [6.45, 7) is 5.35. The number of carbonyl (C=O) groups is 1. The molecule has 1 unspecified atom stereocenters. The topological polar surface area (TPSA) is 72.2 Å². The second-order valence-electron chi connectivity index (χ2n) is 3.82. The van der Waals surface area contributed by atoms with Crippen LogP contribution < -0.4 is 5.32 Å². The van der Waals surface area contributed by atoms with Crippen molar-refractivity contribution < 1.29 is 9.72 Å². The van der Waals surface area contributed by atoms with Crippen molar-refractivity contribution in [1.29, 1.82) is 0 Å². The molecule has 1 aromatic rings. The zero-order valence-electron chi connectivity index (χ0n) is 9.85. The molecule has 1 aromatic carbocycles. The Morgan fingerprint density at radius 1 is 1.67 bits per heavy atom. The molecule has 1 atom stereocenters. The predicted molar refractivity (Wildman–Crippen MR) is 69.8 cm³/mol. The van der Waals surface area contributed by atoms with Gasteiger partial charge in [0.2, 0.25) is 0 Å². The molecule has 1 amide bonds. The van der Waals surface area contributed by atoms with Gasteiger partial charge in [0.25, 0.3) is 11.6 Å². The summed E-state index contributed by atoms with van der Waals surface area (Å²) < 4.78 is 0. The van der Waals surface area contributed by atoms with Crippen LogP contribution in [0, 0.1) is 10.1 Å². The quantitative estimate of drug-likeness (QED) is 0.507. The first-order valence-electron chi connectivity index (χ1n) is 5.31. The molecule has 5 nitrogen and oxygen atoms in total. The highest BCUT2D eigenvalue weighted by molar-refractivity contribution is 6.31. The van der Waals surface area contributed by atoms with E-state index in [-0.39, 0.29) is 22.3 Å². The lowest BCUT2D eigenvalue weighted by Gasteiger charge is -2.11. The molecule has 96 valence electrons. The summed E-state index contributed by atoms with van der Waals surface area (Å²) in [5.41, 5.74) is -0.300. The minimum atomic E-state index is -0.608. The smallest absolute Gasteiger partial charge is 0.282 e. The van der Waals surface area contributed by atoms with Crippen LogP contribution in [0.15, 0.2) is 30.9 Å². The number of nitro benzene ring substituents is 1. The van der Waals surface area contributed by atoms with Crippen LogP contribution in [0.1, 0.15) is 23.7 Å². The number of hydrogen-bond acceptors (Lipinski definition) is 3. The van der Waals surface area contributed by atoms with Gasteiger partial charge >= 0.3 is 0 Å². The average molecular weight is 269 g/mol. The normalized spacial score (nSPS) is 11.7. The van der Waals surface area contributed by atoms with Gasteiger partial charge in [0.05, 0.1) is 4.92 Å². The van der Waals surface area contributed by atoms with Crippen LogP contribution >= 0.6 is 11.6 Å². The number of nitrogens with zero attached hydrogens (tertiary/aromatic N) is 1. The number of rotatable bonds is 5. The van der Waals surface area contributed by atoms with Gasteiger partial charge in [-0.15, -0.1) is 6.58 Å². The summed E-state index contributed by atoms with van der Waals surface area (Å²) in [6, 6.07) is 3.74. The molecule has 0 saturated heterocycles. The van der Waals surface area contributed by atoms with Crippen LogP contribution in [-0.4, -0.2) is 16.9 Å². The van der Waals surface area contributed by atoms with E-state index in [0.29, 0.717) is 6.42 Å². The molecule has 0 heterocycles. The van der Waals surface area contributed by atoms with E-state index >= 15 is 0 Å². The molecule has 0 aromatic heterocycles. The Morgan fingerprint density at radius 3 is 2.89 bits per heavy atom. The third kappa shape index (κ3) is 3.56. The summed E-state index contributed by atoms with van der Waals surface area (Å²) in [7, 11) is 0. The number of halogens is 1. The highest BCUT2D eigenvalue weighted by Crippen LogP contribution is 2.22. The summed E-state index contributed by atoms with van der Waals surface area (Å²) in [5, 5.41) is 13.7. The lowest BCUT2D eigenvalue weighted by atomic mass is 10.1. The van der Waals surface area contributed by atoms with Crippen molar-refractivity contribution in [3.63, 3.8) is 0 Å². The first-order valence-corrected chi connectivity index (χ1v) is 5.69. The van der Waals surface area contributed by atoms with Crippen LogP contribution in [0.2, 0.25) is 5.02 Å². The molecule has 0 aliphatic heterocycles. The van der Waals surface area contributed by atoms with Crippen molar-refractivity contribution in [3.8, 4) is 0 Å². The summed E-state index contributed by atoms with van der Waals surface area (Å²) in [4.78, 5) is 22.1. The second kappa shape index (κ2) is 6.16. The molecular weight excluding hydrogens is 256 g/mol. The maximum Gasteiger partial charge on any atom is 0.282 e. The molecule has 0 aliphatic carbocycles. The molecule has 0 spiro atoms. The molecule has 6 heteroatoms. The molecule has 1 rings (SSSR count). The van der Waals surface area contributed by atoms with E-state index in [1.165, 1.54) is 18.2 Å². The Bertz CT molecular complexity index is 488. The Morgan fingerprint density at radius 2 is 2.33 bits per heavy atom. The van der Waals surface area contributed by atoms with E-state index in [9.17, 15) is 14.9 Å². The molecule has 0 saturated carbocycles. The molecule has 1 N–H and O–H groups in total. The molecule has 0 radical (unpaired) electrons. The van der Waals surface area contributed by atoms with E-state index in [0.717, 1.165) is 0 Å².